The third-order valence-electron chi connectivity index (χ3n) is 6.16. The SMILES string of the molecule is C#Cc1ccc(Nc2nccc(Oc3c(C)cc(-c4cn(Cc5ccc(C(=O)OC)cc5)nn4)cc3C)n2)cc1. The van der Waals surface area contributed by atoms with Crippen LogP contribution in [0.25, 0.3) is 11.3 Å². The minimum Gasteiger partial charge on any atom is -0.465 e. The van der Waals surface area contributed by atoms with E-state index in [9.17, 15) is 4.79 Å². The number of nitrogens with zero attached hydrogens (tertiary/aromatic N) is 5. The van der Waals surface area contributed by atoms with E-state index >= 15 is 0 Å². The fraction of sp³-hybridized carbons (Fsp3) is 0.129. The van der Waals surface area contributed by atoms with Crippen LogP contribution in [-0.2, 0) is 11.3 Å². The highest BCUT2D eigenvalue weighted by Gasteiger charge is 2.13. The monoisotopic (exact) mass is 530 g/mol. The fourth-order valence-corrected chi connectivity index (χ4v) is 4.16. The molecule has 0 spiro atoms. The maximum absolute atomic E-state index is 11.7. The number of aryl methyl sites for hydroxylation is 2. The molecule has 0 radical (unpaired) electrons. The standard InChI is InChI=1S/C31H26N6O3/c1-5-22-8-12-26(13-9-22)33-31-32-15-14-28(34-31)40-29-20(2)16-25(17-21(29)3)27-19-37(36-35-27)18-23-6-10-24(11-7-23)30(38)39-4/h1,6-17,19H,18H2,2-4H3,(H,32,33,34). The predicted octanol–water partition coefficient (Wildman–Crippen LogP) is 5.70. The smallest absolute Gasteiger partial charge is 0.337 e. The van der Waals surface area contributed by atoms with Crippen LogP contribution < -0.4 is 10.1 Å². The number of aromatic nitrogens is 5. The summed E-state index contributed by atoms with van der Waals surface area (Å²) in [5.41, 5.74) is 6.64. The van der Waals surface area contributed by atoms with Crippen LogP contribution in [0.4, 0.5) is 11.6 Å². The zero-order chi connectivity index (χ0) is 28.1. The van der Waals surface area contributed by atoms with Gasteiger partial charge in [0.2, 0.25) is 11.8 Å². The van der Waals surface area contributed by atoms with E-state index in [4.69, 9.17) is 15.9 Å². The van der Waals surface area contributed by atoms with Crippen molar-refractivity contribution in [3.05, 3.63) is 107 Å². The molecule has 5 aromatic rings. The number of hydrogen-bond donors (Lipinski definition) is 1. The predicted molar refractivity (Wildman–Crippen MR) is 152 cm³/mol. The minimum atomic E-state index is -0.364. The molecule has 0 aliphatic heterocycles. The van der Waals surface area contributed by atoms with Gasteiger partial charge in [0, 0.05) is 29.1 Å². The van der Waals surface area contributed by atoms with Gasteiger partial charge in [-0.1, -0.05) is 23.3 Å². The number of esters is 1. The maximum Gasteiger partial charge on any atom is 0.337 e. The highest BCUT2D eigenvalue weighted by Crippen LogP contribution is 2.32. The molecule has 0 aliphatic carbocycles. The van der Waals surface area contributed by atoms with E-state index in [1.54, 1.807) is 29.1 Å². The Kier molecular flexibility index (Phi) is 7.51. The fourth-order valence-electron chi connectivity index (χ4n) is 4.16. The van der Waals surface area contributed by atoms with Crippen LogP contribution in [0.2, 0.25) is 0 Å². The van der Waals surface area contributed by atoms with E-state index in [-0.39, 0.29) is 5.97 Å². The van der Waals surface area contributed by atoms with Crippen molar-refractivity contribution in [1.82, 2.24) is 25.0 Å². The number of anilines is 2. The second kappa shape index (κ2) is 11.5. The lowest BCUT2D eigenvalue weighted by atomic mass is 10.0. The van der Waals surface area contributed by atoms with Crippen molar-refractivity contribution >= 4 is 17.6 Å². The van der Waals surface area contributed by atoms with Crippen molar-refractivity contribution in [2.45, 2.75) is 20.4 Å². The molecule has 1 N–H and O–H groups in total. The third kappa shape index (κ3) is 5.97. The average Bonchev–Trinajstić information content (AvgIpc) is 3.44. The summed E-state index contributed by atoms with van der Waals surface area (Å²) < 4.78 is 12.7. The molecule has 0 unspecified atom stereocenters. The molecular formula is C31H26N6O3. The summed E-state index contributed by atoms with van der Waals surface area (Å²) in [6, 6.07) is 20.4. The quantitative estimate of drug-likeness (QED) is 0.201. The molecule has 0 amide bonds. The zero-order valence-electron chi connectivity index (χ0n) is 22.3. The Hall–Kier alpha value is -5.49. The number of rotatable bonds is 8. The van der Waals surface area contributed by atoms with Crippen LogP contribution in [-0.4, -0.2) is 38.0 Å². The molecule has 2 aromatic heterocycles. The Labute approximate surface area is 231 Å². The van der Waals surface area contributed by atoms with Gasteiger partial charge in [0.15, 0.2) is 0 Å². The van der Waals surface area contributed by atoms with E-state index in [0.717, 1.165) is 39.2 Å². The van der Waals surface area contributed by atoms with Crippen LogP contribution in [0, 0.1) is 26.2 Å². The first-order chi connectivity index (χ1) is 19.4. The highest BCUT2D eigenvalue weighted by atomic mass is 16.5. The molecule has 40 heavy (non-hydrogen) atoms. The topological polar surface area (TPSA) is 104 Å². The lowest BCUT2D eigenvalue weighted by Crippen LogP contribution is -2.03. The van der Waals surface area contributed by atoms with Gasteiger partial charge >= 0.3 is 5.97 Å². The van der Waals surface area contributed by atoms with E-state index in [1.165, 1.54) is 7.11 Å². The number of terminal acetylenes is 1. The first-order valence-electron chi connectivity index (χ1n) is 12.5. The summed E-state index contributed by atoms with van der Waals surface area (Å²) >= 11 is 0. The lowest BCUT2D eigenvalue weighted by molar-refractivity contribution is 0.0600. The largest absolute Gasteiger partial charge is 0.465 e. The van der Waals surface area contributed by atoms with Crippen LogP contribution in [0.3, 0.4) is 0 Å². The second-order valence-corrected chi connectivity index (χ2v) is 9.10. The molecule has 0 saturated carbocycles. The van der Waals surface area contributed by atoms with E-state index < -0.39 is 0 Å². The Balaban J connectivity index is 1.29. The van der Waals surface area contributed by atoms with Crippen LogP contribution >= 0.6 is 0 Å². The number of hydrogen-bond acceptors (Lipinski definition) is 8. The van der Waals surface area contributed by atoms with Crippen molar-refractivity contribution in [2.75, 3.05) is 12.4 Å². The summed E-state index contributed by atoms with van der Waals surface area (Å²) in [7, 11) is 1.36. The molecule has 3 aromatic carbocycles. The van der Waals surface area contributed by atoms with Gasteiger partial charge in [0.25, 0.3) is 0 Å². The second-order valence-electron chi connectivity index (χ2n) is 9.10. The van der Waals surface area contributed by atoms with Gasteiger partial charge in [-0.15, -0.1) is 11.5 Å². The van der Waals surface area contributed by atoms with Gasteiger partial charge in [-0.3, -0.25) is 0 Å². The van der Waals surface area contributed by atoms with Gasteiger partial charge in [0.05, 0.1) is 25.4 Å². The van der Waals surface area contributed by atoms with Gasteiger partial charge < -0.3 is 14.8 Å². The maximum atomic E-state index is 11.7. The zero-order valence-corrected chi connectivity index (χ0v) is 22.3. The Bertz CT molecular complexity index is 1680. The normalized spacial score (nSPS) is 10.6. The third-order valence-corrected chi connectivity index (χ3v) is 6.16. The number of ether oxygens (including phenoxy) is 2. The summed E-state index contributed by atoms with van der Waals surface area (Å²) in [5, 5.41) is 11.8. The molecule has 0 fully saturated rings. The Morgan fingerprint density at radius 2 is 1.75 bits per heavy atom. The van der Waals surface area contributed by atoms with Crippen LogP contribution in [0.1, 0.15) is 32.6 Å². The number of nitrogens with one attached hydrogen (secondary N) is 1. The van der Waals surface area contributed by atoms with Gasteiger partial charge in [-0.2, -0.15) is 4.98 Å². The molecule has 2 heterocycles. The summed E-state index contributed by atoms with van der Waals surface area (Å²) in [5.74, 6) is 3.77. The molecule has 198 valence electrons. The number of methoxy groups -OCH3 is 1. The summed E-state index contributed by atoms with van der Waals surface area (Å²) in [6.45, 7) is 4.48. The van der Waals surface area contributed by atoms with Gasteiger partial charge in [0.1, 0.15) is 11.4 Å². The molecule has 9 nitrogen and oxygen atoms in total. The number of carbonyl (C=O) groups is 1. The summed E-state index contributed by atoms with van der Waals surface area (Å²) in [4.78, 5) is 20.4. The van der Waals surface area contributed by atoms with Crippen molar-refractivity contribution < 1.29 is 14.3 Å². The van der Waals surface area contributed by atoms with Gasteiger partial charge in [-0.25, -0.2) is 14.5 Å². The molecule has 0 atom stereocenters. The molecular weight excluding hydrogens is 504 g/mol. The molecule has 5 rings (SSSR count). The molecule has 0 saturated heterocycles. The first kappa shape index (κ1) is 26.1. The summed E-state index contributed by atoms with van der Waals surface area (Å²) in [6.07, 6.45) is 8.96. The van der Waals surface area contributed by atoms with E-state index in [0.29, 0.717) is 29.7 Å². The first-order valence-corrected chi connectivity index (χ1v) is 12.5. The molecule has 9 heteroatoms. The average molecular weight is 531 g/mol. The van der Waals surface area contributed by atoms with Gasteiger partial charge in [-0.05, 0) is 79.1 Å². The Morgan fingerprint density at radius 1 is 1.02 bits per heavy atom. The van der Waals surface area contributed by atoms with Crippen LogP contribution in [0.5, 0.6) is 11.6 Å². The Morgan fingerprint density at radius 3 is 2.42 bits per heavy atom. The lowest BCUT2D eigenvalue weighted by Gasteiger charge is -2.13. The van der Waals surface area contributed by atoms with E-state index in [1.807, 2.05) is 68.6 Å². The minimum absolute atomic E-state index is 0.364. The van der Waals surface area contributed by atoms with Crippen molar-refractivity contribution in [3.8, 4) is 35.2 Å². The van der Waals surface area contributed by atoms with E-state index in [2.05, 4.69) is 31.5 Å². The molecule has 0 bridgehead atoms. The van der Waals surface area contributed by atoms with Crippen LogP contribution in [0.15, 0.2) is 79.1 Å². The number of benzene rings is 3. The number of carbonyl (C=O) groups excluding carboxylic acids is 1. The van der Waals surface area contributed by atoms with Crippen molar-refractivity contribution in [1.29, 1.82) is 0 Å². The molecule has 0 aliphatic rings. The van der Waals surface area contributed by atoms with Crippen molar-refractivity contribution in [2.24, 2.45) is 0 Å². The highest BCUT2D eigenvalue weighted by molar-refractivity contribution is 5.89. The van der Waals surface area contributed by atoms with Crippen molar-refractivity contribution in [3.63, 3.8) is 0 Å².